The van der Waals surface area contributed by atoms with Crippen LogP contribution in [0.2, 0.25) is 5.02 Å². The minimum absolute atomic E-state index is 0.0529. The van der Waals surface area contributed by atoms with Crippen molar-refractivity contribution in [2.24, 2.45) is 5.92 Å². The van der Waals surface area contributed by atoms with Gasteiger partial charge in [-0.2, -0.15) is 0 Å². The smallest absolute Gasteiger partial charge is 0.251 e. The average Bonchev–Trinajstić information content (AvgIpc) is 2.75. The van der Waals surface area contributed by atoms with Gasteiger partial charge in [0.1, 0.15) is 0 Å². The molecule has 0 N–H and O–H groups in total. The zero-order chi connectivity index (χ0) is 20.2. The largest absolute Gasteiger partial charge is 0.305 e. The number of pyridine rings is 2. The summed E-state index contributed by atoms with van der Waals surface area (Å²) in [5.41, 5.74) is 4.34. The summed E-state index contributed by atoms with van der Waals surface area (Å²) in [6, 6.07) is 13.7. The van der Waals surface area contributed by atoms with Crippen molar-refractivity contribution in [3.8, 4) is 0 Å². The van der Waals surface area contributed by atoms with E-state index >= 15 is 0 Å². The number of fused-ring (bicyclic) bond motifs is 1. The van der Waals surface area contributed by atoms with Crippen LogP contribution in [0.25, 0.3) is 11.0 Å². The minimum Gasteiger partial charge on any atom is -0.305 e. The van der Waals surface area contributed by atoms with Gasteiger partial charge in [0.05, 0.1) is 11.0 Å². The van der Waals surface area contributed by atoms with Crippen LogP contribution >= 0.6 is 11.6 Å². The molecule has 5 heteroatoms. The molecular formula is C24H28ClN3O. The lowest BCUT2D eigenvalue weighted by atomic mass is 9.90. The Labute approximate surface area is 177 Å². The summed E-state index contributed by atoms with van der Waals surface area (Å²) < 4.78 is 1.86. The molecule has 1 aromatic carbocycles. The van der Waals surface area contributed by atoms with Crippen molar-refractivity contribution in [2.75, 3.05) is 19.6 Å². The average molecular weight is 410 g/mol. The van der Waals surface area contributed by atoms with Crippen molar-refractivity contribution < 1.29 is 0 Å². The van der Waals surface area contributed by atoms with Crippen molar-refractivity contribution in [1.82, 2.24) is 14.5 Å². The van der Waals surface area contributed by atoms with Crippen molar-refractivity contribution >= 4 is 22.6 Å². The standard InChI is InChI=1S/C24H28ClN3O/c1-18-4-5-20(17-21(18)25)7-6-19-10-13-27(14-11-19)15-16-28-23-3-2-12-26-22(23)8-9-24(28)29/h2-5,8-9,12,17,19H,6-7,10-11,13-16H2,1H3. The maximum atomic E-state index is 12.3. The van der Waals surface area contributed by atoms with E-state index in [2.05, 4.69) is 28.1 Å². The second kappa shape index (κ2) is 9.10. The second-order valence-corrected chi connectivity index (χ2v) is 8.55. The molecule has 1 fully saturated rings. The number of rotatable bonds is 6. The number of halogens is 1. The first kappa shape index (κ1) is 20.1. The number of hydrogen-bond acceptors (Lipinski definition) is 3. The van der Waals surface area contributed by atoms with E-state index in [-0.39, 0.29) is 5.56 Å². The monoisotopic (exact) mass is 409 g/mol. The molecule has 0 amide bonds. The van der Waals surface area contributed by atoms with Gasteiger partial charge in [0.25, 0.3) is 5.56 Å². The van der Waals surface area contributed by atoms with E-state index in [0.717, 1.165) is 53.6 Å². The van der Waals surface area contributed by atoms with Crippen LogP contribution in [0.1, 0.15) is 30.4 Å². The Balaban J connectivity index is 1.28. The highest BCUT2D eigenvalue weighted by Gasteiger charge is 2.19. The summed E-state index contributed by atoms with van der Waals surface area (Å²) in [5.74, 6) is 0.774. The molecule has 3 aromatic rings. The Kier molecular flexibility index (Phi) is 6.31. The predicted octanol–water partition coefficient (Wildman–Crippen LogP) is 4.70. The summed E-state index contributed by atoms with van der Waals surface area (Å²) in [6.45, 7) is 5.89. The molecule has 29 heavy (non-hydrogen) atoms. The maximum absolute atomic E-state index is 12.3. The number of nitrogens with zero attached hydrogens (tertiary/aromatic N) is 3. The number of hydrogen-bond donors (Lipinski definition) is 0. The van der Waals surface area contributed by atoms with E-state index in [4.69, 9.17) is 11.6 Å². The van der Waals surface area contributed by atoms with E-state index in [1.807, 2.05) is 23.6 Å². The van der Waals surface area contributed by atoms with Crippen LogP contribution in [0.3, 0.4) is 0 Å². The molecular weight excluding hydrogens is 382 g/mol. The van der Waals surface area contributed by atoms with Crippen LogP contribution in [0.4, 0.5) is 0 Å². The van der Waals surface area contributed by atoms with Crippen LogP contribution in [0.5, 0.6) is 0 Å². The van der Waals surface area contributed by atoms with Crippen LogP contribution < -0.4 is 5.56 Å². The van der Waals surface area contributed by atoms with Crippen LogP contribution in [-0.4, -0.2) is 34.1 Å². The second-order valence-electron chi connectivity index (χ2n) is 8.14. The quantitative estimate of drug-likeness (QED) is 0.592. The summed E-state index contributed by atoms with van der Waals surface area (Å²) >= 11 is 6.25. The van der Waals surface area contributed by atoms with Gasteiger partial charge in [0.2, 0.25) is 0 Å². The van der Waals surface area contributed by atoms with Gasteiger partial charge in [-0.1, -0.05) is 23.7 Å². The fourth-order valence-electron chi connectivity index (χ4n) is 4.26. The molecule has 0 aliphatic carbocycles. The molecule has 1 saturated heterocycles. The lowest BCUT2D eigenvalue weighted by molar-refractivity contribution is 0.174. The first-order valence-corrected chi connectivity index (χ1v) is 10.9. The lowest BCUT2D eigenvalue weighted by Crippen LogP contribution is -2.37. The molecule has 0 unspecified atom stereocenters. The molecule has 0 spiro atoms. The van der Waals surface area contributed by atoms with Crippen LogP contribution in [-0.2, 0) is 13.0 Å². The summed E-state index contributed by atoms with van der Waals surface area (Å²) in [5, 5.41) is 0.871. The highest BCUT2D eigenvalue weighted by atomic mass is 35.5. The first-order chi connectivity index (χ1) is 14.1. The van der Waals surface area contributed by atoms with Gasteiger partial charge in [-0.25, -0.2) is 0 Å². The SMILES string of the molecule is Cc1ccc(CCC2CCN(CCn3c(=O)ccc4ncccc43)CC2)cc1Cl. The summed E-state index contributed by atoms with van der Waals surface area (Å²) in [6.07, 6.45) is 6.55. The molecule has 3 heterocycles. The molecule has 152 valence electrons. The maximum Gasteiger partial charge on any atom is 0.251 e. The van der Waals surface area contributed by atoms with E-state index < -0.39 is 0 Å². The van der Waals surface area contributed by atoms with E-state index in [1.54, 1.807) is 18.3 Å². The molecule has 1 aliphatic rings. The third-order valence-corrected chi connectivity index (χ3v) is 6.59. The van der Waals surface area contributed by atoms with E-state index in [1.165, 1.54) is 24.8 Å². The zero-order valence-electron chi connectivity index (χ0n) is 17.0. The topological polar surface area (TPSA) is 38.1 Å². The molecule has 2 aromatic heterocycles. The van der Waals surface area contributed by atoms with E-state index in [9.17, 15) is 4.79 Å². The number of aromatic nitrogens is 2. The summed E-state index contributed by atoms with van der Waals surface area (Å²) in [4.78, 5) is 19.2. The van der Waals surface area contributed by atoms with Crippen molar-refractivity contribution in [3.63, 3.8) is 0 Å². The van der Waals surface area contributed by atoms with Crippen molar-refractivity contribution in [3.05, 3.63) is 75.2 Å². The number of aryl methyl sites for hydroxylation is 2. The number of piperidine rings is 1. The van der Waals surface area contributed by atoms with Gasteiger partial charge in [0.15, 0.2) is 0 Å². The van der Waals surface area contributed by atoms with Gasteiger partial charge in [0, 0.05) is 30.4 Å². The van der Waals surface area contributed by atoms with Crippen molar-refractivity contribution in [2.45, 2.75) is 39.2 Å². The van der Waals surface area contributed by atoms with Gasteiger partial charge in [-0.3, -0.25) is 9.78 Å². The van der Waals surface area contributed by atoms with Gasteiger partial charge in [-0.15, -0.1) is 0 Å². The molecule has 4 nitrogen and oxygen atoms in total. The third-order valence-electron chi connectivity index (χ3n) is 6.18. The Bertz CT molecular complexity index is 1040. The Morgan fingerprint density at radius 2 is 1.93 bits per heavy atom. The number of benzene rings is 1. The van der Waals surface area contributed by atoms with Crippen LogP contribution in [0, 0.1) is 12.8 Å². The highest BCUT2D eigenvalue weighted by molar-refractivity contribution is 6.31. The Morgan fingerprint density at radius 3 is 2.72 bits per heavy atom. The van der Waals surface area contributed by atoms with E-state index in [0.29, 0.717) is 6.54 Å². The normalized spacial score (nSPS) is 15.8. The third kappa shape index (κ3) is 4.88. The fourth-order valence-corrected chi connectivity index (χ4v) is 4.46. The molecule has 0 radical (unpaired) electrons. The number of likely N-dealkylation sites (tertiary alicyclic amines) is 1. The van der Waals surface area contributed by atoms with Gasteiger partial charge in [-0.05, 0) is 87.0 Å². The van der Waals surface area contributed by atoms with Crippen molar-refractivity contribution in [1.29, 1.82) is 0 Å². The van der Waals surface area contributed by atoms with Gasteiger partial charge < -0.3 is 9.47 Å². The molecule has 0 saturated carbocycles. The molecule has 0 bridgehead atoms. The predicted molar refractivity (Wildman–Crippen MR) is 120 cm³/mol. The Morgan fingerprint density at radius 1 is 1.10 bits per heavy atom. The first-order valence-electron chi connectivity index (χ1n) is 10.5. The fraction of sp³-hybridized carbons (Fsp3) is 0.417. The summed E-state index contributed by atoms with van der Waals surface area (Å²) in [7, 11) is 0. The van der Waals surface area contributed by atoms with Gasteiger partial charge >= 0.3 is 0 Å². The Hall–Kier alpha value is -2.17. The minimum atomic E-state index is 0.0529. The van der Waals surface area contributed by atoms with Crippen LogP contribution in [0.15, 0.2) is 53.5 Å². The lowest BCUT2D eigenvalue weighted by Gasteiger charge is -2.32. The zero-order valence-corrected chi connectivity index (χ0v) is 17.7. The molecule has 1 aliphatic heterocycles. The highest BCUT2D eigenvalue weighted by Crippen LogP contribution is 2.24. The molecule has 0 atom stereocenters. The molecule has 4 rings (SSSR count).